The number of alkyl halides is 1. The Bertz CT molecular complexity index is 1200. The molecule has 2 unspecified atom stereocenters. The van der Waals surface area contributed by atoms with Crippen molar-refractivity contribution in [2.75, 3.05) is 6.61 Å². The van der Waals surface area contributed by atoms with Gasteiger partial charge in [0.05, 0.1) is 11.6 Å². The van der Waals surface area contributed by atoms with Gasteiger partial charge in [-0.25, -0.2) is 4.39 Å². The number of fused-ring (bicyclic) bond motifs is 1. The number of carbonyl (C=O) groups is 2. The third-order valence-corrected chi connectivity index (χ3v) is 6.20. The van der Waals surface area contributed by atoms with Crippen molar-refractivity contribution < 1.29 is 58.1 Å². The molecule has 0 radical (unpaired) electrons. The Morgan fingerprint density at radius 3 is 2.43 bits per heavy atom. The summed E-state index contributed by atoms with van der Waals surface area (Å²) in [7, 11) is 0. The molecule has 0 aliphatic carbocycles. The summed E-state index contributed by atoms with van der Waals surface area (Å²) in [5.41, 5.74) is 1.37. The van der Waals surface area contributed by atoms with Gasteiger partial charge in [0.15, 0.2) is 5.78 Å². The van der Waals surface area contributed by atoms with Crippen LogP contribution in [0, 0.1) is 0 Å². The van der Waals surface area contributed by atoms with Crippen LogP contribution >= 0.6 is 23.2 Å². The van der Waals surface area contributed by atoms with Crippen molar-refractivity contribution in [1.29, 1.82) is 0 Å². The molecule has 5 nitrogen and oxygen atoms in total. The molecule has 0 amide bonds. The van der Waals surface area contributed by atoms with Gasteiger partial charge in [-0.05, 0) is 60.9 Å². The van der Waals surface area contributed by atoms with Crippen LogP contribution in [0.1, 0.15) is 52.8 Å². The molecule has 35 heavy (non-hydrogen) atoms. The molecule has 4 rings (SSSR count). The largest absolute Gasteiger partial charge is 1.00 e. The van der Waals surface area contributed by atoms with Gasteiger partial charge in [0, 0.05) is 40.5 Å². The first-order chi connectivity index (χ1) is 16.3. The number of Topliss-reactive ketones (excluding diaryl/α,β-unsaturated/α-hetero) is 1. The first kappa shape index (κ1) is 27.5. The van der Waals surface area contributed by atoms with Gasteiger partial charge in [-0.15, -0.1) is 0 Å². The molecule has 0 N–H and O–H groups in total. The van der Waals surface area contributed by atoms with Crippen molar-refractivity contribution >= 4 is 35.0 Å². The normalized spacial score (nSPS) is 15.2. The third kappa shape index (κ3) is 6.78. The Labute approximate surface area is 234 Å². The predicted octanol–water partition coefficient (Wildman–Crippen LogP) is 3.08. The summed E-state index contributed by atoms with van der Waals surface area (Å²) in [6.07, 6.45) is -0.827. The Morgan fingerprint density at radius 2 is 1.77 bits per heavy atom. The number of rotatable bonds is 8. The number of carboxylic acids is 1. The zero-order chi connectivity index (χ0) is 24.2. The number of halogens is 3. The Balaban J connectivity index is 0.00000342. The van der Waals surface area contributed by atoms with E-state index in [1.54, 1.807) is 54.6 Å². The van der Waals surface area contributed by atoms with Crippen molar-refractivity contribution in [2.24, 2.45) is 0 Å². The molecular weight excluding hydrogens is 505 g/mol. The Hall–Kier alpha value is -2.09. The number of carbonyl (C=O) groups excluding carboxylic acids is 2. The van der Waals surface area contributed by atoms with E-state index in [1.807, 2.05) is 0 Å². The third-order valence-electron chi connectivity index (χ3n) is 5.65. The van der Waals surface area contributed by atoms with Crippen LogP contribution in [0.2, 0.25) is 10.0 Å². The molecule has 2 atom stereocenters. The van der Waals surface area contributed by atoms with Gasteiger partial charge >= 0.3 is 29.6 Å². The van der Waals surface area contributed by atoms with Crippen LogP contribution < -0.4 is 44.1 Å². The molecule has 1 aliphatic heterocycles. The minimum atomic E-state index is -1.26. The molecule has 9 heteroatoms. The number of hydrogen-bond acceptors (Lipinski definition) is 5. The van der Waals surface area contributed by atoms with Gasteiger partial charge in [0.25, 0.3) is 0 Å². The zero-order valence-electron chi connectivity index (χ0n) is 18.9. The fraction of sp³-hybridized carbons (Fsp3) is 0.231. The molecule has 0 saturated heterocycles. The van der Waals surface area contributed by atoms with Crippen LogP contribution in [0.3, 0.4) is 0 Å². The van der Waals surface area contributed by atoms with Crippen molar-refractivity contribution in [3.8, 4) is 17.2 Å². The second kappa shape index (κ2) is 12.2. The van der Waals surface area contributed by atoms with E-state index < -0.39 is 18.1 Å². The molecule has 0 fully saturated rings. The van der Waals surface area contributed by atoms with E-state index in [-0.39, 0.29) is 59.8 Å². The smallest absolute Gasteiger partial charge is 0.549 e. The van der Waals surface area contributed by atoms with Gasteiger partial charge in [-0.3, -0.25) is 4.79 Å². The maximum absolute atomic E-state index is 14.4. The van der Waals surface area contributed by atoms with E-state index in [0.717, 1.165) is 0 Å². The number of ether oxygens (including phenoxy) is 2. The molecule has 1 aliphatic rings. The number of benzene rings is 3. The zero-order valence-corrected chi connectivity index (χ0v) is 22.4. The van der Waals surface area contributed by atoms with Crippen molar-refractivity contribution in [1.82, 2.24) is 0 Å². The summed E-state index contributed by atoms with van der Waals surface area (Å²) in [6.45, 7) is 0.251. The standard InChI is InChI=1S/C26H21Cl2FO5.Na/c27-17-5-1-15(2-6-17)22(29)9-10-23(30)16-3-7-18(8-4-16)34-25-14-24-20(13-21(25)28)19(26(31)32)11-12-33-24;/h1-8,13-14,19,22H,9-12H2,(H,31,32);/q;+1/p-1. The van der Waals surface area contributed by atoms with Gasteiger partial charge < -0.3 is 19.4 Å². The van der Waals surface area contributed by atoms with Gasteiger partial charge in [0.2, 0.25) is 0 Å². The predicted molar refractivity (Wildman–Crippen MR) is 125 cm³/mol. The van der Waals surface area contributed by atoms with E-state index in [4.69, 9.17) is 32.7 Å². The fourth-order valence-corrected chi connectivity index (χ4v) is 4.13. The monoisotopic (exact) mass is 524 g/mol. The molecule has 0 aromatic heterocycles. The Morgan fingerprint density at radius 1 is 1.09 bits per heavy atom. The minimum Gasteiger partial charge on any atom is -0.549 e. The number of aliphatic carboxylic acids is 1. The molecule has 3 aromatic carbocycles. The van der Waals surface area contributed by atoms with Crippen LogP contribution in [0.5, 0.6) is 17.2 Å². The van der Waals surface area contributed by atoms with Crippen molar-refractivity contribution in [3.63, 3.8) is 0 Å². The summed E-state index contributed by atoms with van der Waals surface area (Å²) in [4.78, 5) is 23.9. The quantitative estimate of drug-likeness (QED) is 0.334. The van der Waals surface area contributed by atoms with E-state index in [1.165, 1.54) is 6.07 Å². The summed E-state index contributed by atoms with van der Waals surface area (Å²) in [5, 5.41) is 12.1. The Kier molecular flexibility index (Phi) is 9.62. The first-order valence-electron chi connectivity index (χ1n) is 10.7. The average molecular weight is 525 g/mol. The fourth-order valence-electron chi connectivity index (χ4n) is 3.79. The van der Waals surface area contributed by atoms with Crippen LogP contribution in [0.15, 0.2) is 60.7 Å². The van der Waals surface area contributed by atoms with E-state index in [2.05, 4.69) is 0 Å². The van der Waals surface area contributed by atoms with Crippen molar-refractivity contribution in [3.05, 3.63) is 87.4 Å². The van der Waals surface area contributed by atoms with Crippen LogP contribution in [0.4, 0.5) is 4.39 Å². The molecule has 0 saturated carbocycles. The second-order valence-electron chi connectivity index (χ2n) is 7.94. The summed E-state index contributed by atoms with van der Waals surface area (Å²) in [5.74, 6) is -1.05. The summed E-state index contributed by atoms with van der Waals surface area (Å²) < 4.78 is 25.8. The maximum atomic E-state index is 14.4. The maximum Gasteiger partial charge on any atom is 1.00 e. The molecule has 0 bridgehead atoms. The average Bonchev–Trinajstić information content (AvgIpc) is 2.83. The number of carboxylic acid groups (broad SMARTS) is 1. The van der Waals surface area contributed by atoms with Gasteiger partial charge in [0.1, 0.15) is 23.4 Å². The topological polar surface area (TPSA) is 75.7 Å². The molecule has 176 valence electrons. The number of hydrogen-bond donors (Lipinski definition) is 0. The molecule has 3 aromatic rings. The summed E-state index contributed by atoms with van der Waals surface area (Å²) >= 11 is 12.1. The van der Waals surface area contributed by atoms with Crippen LogP contribution in [-0.4, -0.2) is 18.4 Å². The van der Waals surface area contributed by atoms with Gasteiger partial charge in [-0.1, -0.05) is 35.3 Å². The van der Waals surface area contributed by atoms with Crippen LogP contribution in [0.25, 0.3) is 0 Å². The molecular formula is C26H20Cl2FNaO5. The SMILES string of the molecule is O=C(CCC(F)c1ccc(Cl)cc1)c1ccc(Oc2cc3c(cc2Cl)C(C(=O)[O-])CCO3)cc1.[Na+]. The molecule has 0 spiro atoms. The molecule has 1 heterocycles. The summed E-state index contributed by atoms with van der Waals surface area (Å²) in [6, 6.07) is 15.9. The van der Waals surface area contributed by atoms with Crippen molar-refractivity contribution in [2.45, 2.75) is 31.4 Å². The number of ketones is 1. The van der Waals surface area contributed by atoms with E-state index in [9.17, 15) is 19.1 Å². The van der Waals surface area contributed by atoms with E-state index in [0.29, 0.717) is 45.4 Å². The van der Waals surface area contributed by atoms with Crippen LogP contribution in [-0.2, 0) is 4.79 Å². The van der Waals surface area contributed by atoms with E-state index >= 15 is 0 Å². The second-order valence-corrected chi connectivity index (χ2v) is 8.78. The first-order valence-corrected chi connectivity index (χ1v) is 11.4. The minimum absolute atomic E-state index is 0. The van der Waals surface area contributed by atoms with Gasteiger partial charge in [-0.2, -0.15) is 0 Å².